The molecule has 7 nitrogen and oxygen atoms in total. The van der Waals surface area contributed by atoms with E-state index in [0.717, 1.165) is 0 Å². The molecule has 2 rings (SSSR count). The fourth-order valence-corrected chi connectivity index (χ4v) is 1.13. The Morgan fingerprint density at radius 3 is 3.12 bits per heavy atom. The van der Waals surface area contributed by atoms with E-state index in [1.807, 2.05) is 6.07 Å². The Hall–Kier alpha value is -2.49. The van der Waals surface area contributed by atoms with Gasteiger partial charge < -0.3 is 9.84 Å². The lowest BCUT2D eigenvalue weighted by Gasteiger charge is -2.01. The molecule has 1 N–H and O–H groups in total. The topological polar surface area (TPSA) is 101 Å². The van der Waals surface area contributed by atoms with Crippen molar-refractivity contribution in [3.8, 4) is 6.07 Å². The molecule has 0 aromatic carbocycles. The Kier molecular flexibility index (Phi) is 2.73. The van der Waals surface area contributed by atoms with Crippen LogP contribution in [0.5, 0.6) is 0 Å². The normalized spacial score (nSPS) is 9.75. The van der Waals surface area contributed by atoms with E-state index in [0.29, 0.717) is 29.6 Å². The Balaban J connectivity index is 2.08. The highest BCUT2D eigenvalue weighted by molar-refractivity contribution is 5.49. The van der Waals surface area contributed by atoms with Crippen LogP contribution in [0.1, 0.15) is 17.3 Å². The second-order valence-corrected chi connectivity index (χ2v) is 2.99. The number of nitrogens with one attached hydrogen (secondary N) is 1. The number of hydrogen-bond donors (Lipinski definition) is 1. The first kappa shape index (κ1) is 10.0. The van der Waals surface area contributed by atoms with Crippen LogP contribution in [0.15, 0.2) is 16.8 Å². The monoisotopic (exact) mass is 216 g/mol. The Morgan fingerprint density at radius 2 is 2.44 bits per heavy atom. The van der Waals surface area contributed by atoms with E-state index in [1.54, 1.807) is 13.0 Å². The number of nitrogens with zero attached hydrogens (tertiary/aromatic N) is 5. The van der Waals surface area contributed by atoms with Gasteiger partial charge in [-0.05, 0) is 6.07 Å². The fourth-order valence-electron chi connectivity index (χ4n) is 1.13. The average Bonchev–Trinajstić information content (AvgIpc) is 2.73. The first-order valence-corrected chi connectivity index (χ1v) is 4.54. The van der Waals surface area contributed by atoms with E-state index < -0.39 is 0 Å². The van der Waals surface area contributed by atoms with Gasteiger partial charge in [0.1, 0.15) is 6.07 Å². The van der Waals surface area contributed by atoms with Gasteiger partial charge in [0.2, 0.25) is 5.89 Å². The van der Waals surface area contributed by atoms with Crippen molar-refractivity contribution >= 4 is 5.82 Å². The predicted molar refractivity (Wildman–Crippen MR) is 53.1 cm³/mol. The molecule has 0 radical (unpaired) electrons. The average molecular weight is 216 g/mol. The van der Waals surface area contributed by atoms with Gasteiger partial charge in [-0.1, -0.05) is 5.16 Å². The van der Waals surface area contributed by atoms with E-state index in [4.69, 9.17) is 9.78 Å². The van der Waals surface area contributed by atoms with Gasteiger partial charge in [-0.25, -0.2) is 0 Å². The molecule has 16 heavy (non-hydrogen) atoms. The minimum absolute atomic E-state index is 0.338. The highest BCUT2D eigenvalue weighted by atomic mass is 16.5. The Labute approximate surface area is 91.1 Å². The standard InChI is InChI=1S/C9H8N6O/c1-6-13-8(15-16-6)5-11-9-7(4-10)2-3-12-14-9/h2-3H,5H2,1H3,(H,11,14). The molecule has 0 fully saturated rings. The molecule has 0 amide bonds. The smallest absolute Gasteiger partial charge is 0.223 e. The molecule has 0 spiro atoms. The van der Waals surface area contributed by atoms with Crippen LogP contribution in [-0.2, 0) is 6.54 Å². The summed E-state index contributed by atoms with van der Waals surface area (Å²) in [5, 5.41) is 22.9. The predicted octanol–water partition coefficient (Wildman–Crippen LogP) is 0.652. The summed E-state index contributed by atoms with van der Waals surface area (Å²) in [7, 11) is 0. The highest BCUT2D eigenvalue weighted by Crippen LogP contribution is 2.09. The number of anilines is 1. The third kappa shape index (κ3) is 2.12. The van der Waals surface area contributed by atoms with Gasteiger partial charge >= 0.3 is 0 Å². The quantitative estimate of drug-likeness (QED) is 0.803. The van der Waals surface area contributed by atoms with E-state index in [9.17, 15) is 0 Å². The minimum atomic E-state index is 0.338. The van der Waals surface area contributed by atoms with E-state index >= 15 is 0 Å². The molecule has 7 heteroatoms. The molecular formula is C9H8N6O. The van der Waals surface area contributed by atoms with E-state index in [2.05, 4.69) is 25.7 Å². The van der Waals surface area contributed by atoms with Crippen LogP contribution in [0, 0.1) is 18.3 Å². The molecule has 80 valence electrons. The summed E-state index contributed by atoms with van der Waals surface area (Å²) in [4.78, 5) is 4.01. The van der Waals surface area contributed by atoms with Gasteiger partial charge in [-0.2, -0.15) is 15.3 Å². The van der Waals surface area contributed by atoms with Crippen molar-refractivity contribution in [2.45, 2.75) is 13.5 Å². The second kappa shape index (κ2) is 4.35. The molecular weight excluding hydrogens is 208 g/mol. The van der Waals surface area contributed by atoms with Crippen LogP contribution >= 0.6 is 0 Å². The summed E-state index contributed by atoms with van der Waals surface area (Å²) in [5.41, 5.74) is 0.426. The van der Waals surface area contributed by atoms with Crippen molar-refractivity contribution in [3.05, 3.63) is 29.5 Å². The summed E-state index contributed by atoms with van der Waals surface area (Å²) in [6, 6.07) is 3.59. The number of nitriles is 1. The largest absolute Gasteiger partial charge is 0.360 e. The van der Waals surface area contributed by atoms with Crippen LogP contribution in [-0.4, -0.2) is 20.3 Å². The molecule has 2 heterocycles. The maximum atomic E-state index is 8.81. The summed E-state index contributed by atoms with van der Waals surface area (Å²) in [6.45, 7) is 2.05. The van der Waals surface area contributed by atoms with Crippen LogP contribution in [0.2, 0.25) is 0 Å². The van der Waals surface area contributed by atoms with E-state index in [1.165, 1.54) is 6.20 Å². The van der Waals surface area contributed by atoms with Crippen molar-refractivity contribution in [2.24, 2.45) is 0 Å². The molecule has 0 aliphatic carbocycles. The van der Waals surface area contributed by atoms with Gasteiger partial charge in [0.05, 0.1) is 18.3 Å². The van der Waals surface area contributed by atoms with Crippen molar-refractivity contribution in [3.63, 3.8) is 0 Å². The molecule has 2 aromatic heterocycles. The molecule has 0 atom stereocenters. The summed E-state index contributed by atoms with van der Waals surface area (Å²) in [5.74, 6) is 1.41. The van der Waals surface area contributed by atoms with Gasteiger partial charge in [-0.15, -0.1) is 5.10 Å². The van der Waals surface area contributed by atoms with Crippen molar-refractivity contribution in [1.82, 2.24) is 20.3 Å². The maximum Gasteiger partial charge on any atom is 0.223 e. The van der Waals surface area contributed by atoms with Gasteiger partial charge in [0.25, 0.3) is 0 Å². The summed E-state index contributed by atoms with van der Waals surface area (Å²) >= 11 is 0. The lowest BCUT2D eigenvalue weighted by atomic mass is 10.3. The third-order valence-electron chi connectivity index (χ3n) is 1.82. The molecule has 0 saturated carbocycles. The first-order chi connectivity index (χ1) is 7.79. The molecule has 0 aliphatic rings. The fraction of sp³-hybridized carbons (Fsp3) is 0.222. The van der Waals surface area contributed by atoms with Crippen LogP contribution in [0.4, 0.5) is 5.82 Å². The zero-order valence-corrected chi connectivity index (χ0v) is 8.51. The van der Waals surface area contributed by atoms with Crippen molar-refractivity contribution < 1.29 is 4.52 Å². The Bertz CT molecular complexity index is 529. The first-order valence-electron chi connectivity index (χ1n) is 4.54. The van der Waals surface area contributed by atoms with Crippen LogP contribution < -0.4 is 5.32 Å². The van der Waals surface area contributed by atoms with Crippen LogP contribution in [0.25, 0.3) is 0 Å². The van der Waals surface area contributed by atoms with Gasteiger partial charge in [0, 0.05) is 6.92 Å². The number of aromatic nitrogens is 4. The van der Waals surface area contributed by atoms with Gasteiger partial charge in [-0.3, -0.25) is 0 Å². The molecule has 0 aliphatic heterocycles. The minimum Gasteiger partial charge on any atom is -0.360 e. The van der Waals surface area contributed by atoms with Crippen LogP contribution in [0.3, 0.4) is 0 Å². The SMILES string of the molecule is Cc1nc(CNc2nnccc2C#N)no1. The maximum absolute atomic E-state index is 8.81. The highest BCUT2D eigenvalue weighted by Gasteiger charge is 2.05. The summed E-state index contributed by atoms with van der Waals surface area (Å²) in [6.07, 6.45) is 1.46. The lowest BCUT2D eigenvalue weighted by molar-refractivity contribution is 0.388. The van der Waals surface area contributed by atoms with Crippen molar-refractivity contribution in [1.29, 1.82) is 5.26 Å². The number of rotatable bonds is 3. The van der Waals surface area contributed by atoms with Gasteiger partial charge in [0.15, 0.2) is 11.6 Å². The van der Waals surface area contributed by atoms with Crippen molar-refractivity contribution in [2.75, 3.05) is 5.32 Å². The molecule has 2 aromatic rings. The zero-order chi connectivity index (χ0) is 11.4. The lowest BCUT2D eigenvalue weighted by Crippen LogP contribution is -2.05. The molecule has 0 unspecified atom stereocenters. The third-order valence-corrected chi connectivity index (χ3v) is 1.82. The van der Waals surface area contributed by atoms with E-state index in [-0.39, 0.29) is 0 Å². The Morgan fingerprint density at radius 1 is 1.56 bits per heavy atom. The number of aryl methyl sites for hydroxylation is 1. The summed E-state index contributed by atoms with van der Waals surface area (Å²) < 4.78 is 4.81. The molecule has 0 saturated heterocycles. The number of hydrogen-bond acceptors (Lipinski definition) is 7. The zero-order valence-electron chi connectivity index (χ0n) is 8.51. The molecule has 0 bridgehead atoms. The second-order valence-electron chi connectivity index (χ2n) is 2.99.